The standard InChI is InChI=1S/C13H13N7O3/c1-2-14-13(23)19-12-16-7-3-4-9(17-10(7)18-12)20-5-8(11(21)22)15-6-20/h3-6H,2H2,1H3,(H,21,22)(H3,14,16,17,18,19,23). The summed E-state index contributed by atoms with van der Waals surface area (Å²) in [7, 11) is 0. The van der Waals surface area contributed by atoms with Crippen LogP contribution in [-0.2, 0) is 0 Å². The molecule has 0 aliphatic rings. The fourth-order valence-corrected chi connectivity index (χ4v) is 1.96. The van der Waals surface area contributed by atoms with Crippen LogP contribution < -0.4 is 10.6 Å². The topological polar surface area (TPSA) is 138 Å². The van der Waals surface area contributed by atoms with E-state index < -0.39 is 5.97 Å². The molecule has 0 unspecified atom stereocenters. The van der Waals surface area contributed by atoms with Crippen LogP contribution in [0.3, 0.4) is 0 Å². The lowest BCUT2D eigenvalue weighted by atomic mass is 10.4. The maximum atomic E-state index is 11.5. The van der Waals surface area contributed by atoms with Gasteiger partial charge < -0.3 is 15.4 Å². The number of hydrogen-bond acceptors (Lipinski definition) is 5. The lowest BCUT2D eigenvalue weighted by Gasteiger charge is -2.00. The number of rotatable bonds is 4. The van der Waals surface area contributed by atoms with Crippen LogP contribution in [0.25, 0.3) is 17.0 Å². The number of fused-ring (bicyclic) bond motifs is 1. The molecule has 0 aliphatic heterocycles. The van der Waals surface area contributed by atoms with Gasteiger partial charge in [0.25, 0.3) is 0 Å². The highest BCUT2D eigenvalue weighted by atomic mass is 16.4. The number of carboxylic acid groups (broad SMARTS) is 1. The average Bonchev–Trinajstić information content (AvgIpc) is 3.12. The van der Waals surface area contributed by atoms with Crippen LogP contribution in [0.1, 0.15) is 17.4 Å². The number of aromatic nitrogens is 5. The van der Waals surface area contributed by atoms with E-state index >= 15 is 0 Å². The quantitative estimate of drug-likeness (QED) is 0.566. The normalized spacial score (nSPS) is 10.7. The number of H-pyrrole nitrogens is 1. The van der Waals surface area contributed by atoms with Gasteiger partial charge in [-0.2, -0.15) is 4.98 Å². The van der Waals surface area contributed by atoms with Crippen molar-refractivity contribution in [1.82, 2.24) is 29.8 Å². The number of pyridine rings is 1. The highest BCUT2D eigenvalue weighted by Gasteiger charge is 2.11. The van der Waals surface area contributed by atoms with Crippen LogP contribution in [-0.4, -0.2) is 48.2 Å². The molecular weight excluding hydrogens is 302 g/mol. The molecule has 3 heterocycles. The number of carbonyl (C=O) groups excluding carboxylic acids is 1. The second kappa shape index (κ2) is 5.75. The smallest absolute Gasteiger partial charge is 0.356 e. The number of hydrogen-bond donors (Lipinski definition) is 4. The molecule has 0 atom stereocenters. The van der Waals surface area contributed by atoms with E-state index in [2.05, 4.69) is 30.6 Å². The minimum Gasteiger partial charge on any atom is -0.476 e. The Morgan fingerprint density at radius 3 is 2.87 bits per heavy atom. The number of nitrogens with one attached hydrogen (secondary N) is 3. The Morgan fingerprint density at radius 1 is 1.35 bits per heavy atom. The van der Waals surface area contributed by atoms with Crippen LogP contribution in [0, 0.1) is 0 Å². The number of nitrogens with zero attached hydrogens (tertiary/aromatic N) is 4. The van der Waals surface area contributed by atoms with Crippen molar-refractivity contribution >= 4 is 29.1 Å². The number of urea groups is 1. The number of aromatic amines is 1. The number of carboxylic acids is 1. The van der Waals surface area contributed by atoms with Gasteiger partial charge in [-0.3, -0.25) is 9.88 Å². The number of amides is 2. The minimum absolute atomic E-state index is 0.0764. The highest BCUT2D eigenvalue weighted by molar-refractivity contribution is 5.89. The van der Waals surface area contributed by atoms with Gasteiger partial charge in [-0.05, 0) is 19.1 Å². The van der Waals surface area contributed by atoms with E-state index in [0.29, 0.717) is 23.5 Å². The van der Waals surface area contributed by atoms with Gasteiger partial charge in [-0.15, -0.1) is 0 Å². The molecule has 4 N–H and O–H groups in total. The summed E-state index contributed by atoms with van der Waals surface area (Å²) >= 11 is 0. The summed E-state index contributed by atoms with van der Waals surface area (Å²) in [6, 6.07) is 3.05. The van der Waals surface area contributed by atoms with Crippen molar-refractivity contribution < 1.29 is 14.7 Å². The van der Waals surface area contributed by atoms with Crippen LogP contribution in [0.4, 0.5) is 10.7 Å². The molecule has 10 nitrogen and oxygen atoms in total. The third-order valence-electron chi connectivity index (χ3n) is 2.97. The Bertz CT molecular complexity index is 883. The summed E-state index contributed by atoms with van der Waals surface area (Å²) < 4.78 is 1.48. The highest BCUT2D eigenvalue weighted by Crippen LogP contribution is 2.15. The Labute approximate surface area is 129 Å². The number of aromatic carboxylic acids is 1. The van der Waals surface area contributed by atoms with Crippen LogP contribution in [0.2, 0.25) is 0 Å². The Hall–Kier alpha value is -3.43. The maximum Gasteiger partial charge on any atom is 0.356 e. The van der Waals surface area contributed by atoms with Gasteiger partial charge in [0.2, 0.25) is 5.95 Å². The predicted octanol–water partition coefficient (Wildman–Crippen LogP) is 0.983. The molecule has 3 aromatic rings. The summed E-state index contributed by atoms with van der Waals surface area (Å²) in [5, 5.41) is 14.0. The molecule has 118 valence electrons. The maximum absolute atomic E-state index is 11.5. The van der Waals surface area contributed by atoms with Crippen LogP contribution in [0.15, 0.2) is 24.7 Å². The number of anilines is 1. The molecular formula is C13H13N7O3. The second-order valence-electron chi connectivity index (χ2n) is 4.58. The third-order valence-corrected chi connectivity index (χ3v) is 2.97. The fourth-order valence-electron chi connectivity index (χ4n) is 1.96. The van der Waals surface area contributed by atoms with E-state index in [1.165, 1.54) is 17.1 Å². The molecule has 3 rings (SSSR count). The molecule has 0 bridgehead atoms. The Kier molecular flexibility index (Phi) is 3.63. The molecule has 0 aromatic carbocycles. The van der Waals surface area contributed by atoms with Crippen molar-refractivity contribution in [3.05, 3.63) is 30.4 Å². The first-order valence-corrected chi connectivity index (χ1v) is 6.76. The molecule has 0 saturated carbocycles. The zero-order valence-electron chi connectivity index (χ0n) is 12.1. The van der Waals surface area contributed by atoms with Gasteiger partial charge in [0.15, 0.2) is 11.3 Å². The SMILES string of the molecule is CCNC(=O)Nc1nc2nc(-n3cnc(C(=O)O)c3)ccc2[nH]1. The predicted molar refractivity (Wildman–Crippen MR) is 80.7 cm³/mol. The van der Waals surface area contributed by atoms with Crippen LogP contribution in [0.5, 0.6) is 0 Å². The van der Waals surface area contributed by atoms with Crippen molar-refractivity contribution in [1.29, 1.82) is 0 Å². The van der Waals surface area contributed by atoms with E-state index in [1.54, 1.807) is 12.1 Å². The molecule has 0 saturated heterocycles. The third kappa shape index (κ3) is 2.95. The molecule has 10 heteroatoms. The van der Waals surface area contributed by atoms with Crippen molar-refractivity contribution in [3.63, 3.8) is 0 Å². The van der Waals surface area contributed by atoms with Crippen molar-refractivity contribution in [2.75, 3.05) is 11.9 Å². The summed E-state index contributed by atoms with van der Waals surface area (Å²) in [5.41, 5.74) is 0.950. The second-order valence-corrected chi connectivity index (χ2v) is 4.58. The van der Waals surface area contributed by atoms with Gasteiger partial charge in [0, 0.05) is 12.7 Å². The fraction of sp³-hybridized carbons (Fsp3) is 0.154. The Morgan fingerprint density at radius 2 is 2.17 bits per heavy atom. The molecule has 0 spiro atoms. The lowest BCUT2D eigenvalue weighted by molar-refractivity contribution is 0.0691. The number of carbonyl (C=O) groups is 2. The van der Waals surface area contributed by atoms with Crippen molar-refractivity contribution in [3.8, 4) is 5.82 Å². The van der Waals surface area contributed by atoms with Crippen molar-refractivity contribution in [2.24, 2.45) is 0 Å². The molecule has 2 amide bonds. The average molecular weight is 315 g/mol. The first-order chi connectivity index (χ1) is 11.1. The molecule has 3 aromatic heterocycles. The van der Waals surface area contributed by atoms with Crippen molar-refractivity contribution in [2.45, 2.75) is 6.92 Å². The lowest BCUT2D eigenvalue weighted by Crippen LogP contribution is -2.28. The monoisotopic (exact) mass is 315 g/mol. The van der Waals surface area contributed by atoms with E-state index in [4.69, 9.17) is 5.11 Å². The number of imidazole rings is 2. The van der Waals surface area contributed by atoms with E-state index in [-0.39, 0.29) is 17.7 Å². The first-order valence-electron chi connectivity index (χ1n) is 6.76. The molecule has 23 heavy (non-hydrogen) atoms. The van der Waals surface area contributed by atoms with E-state index in [1.807, 2.05) is 6.92 Å². The zero-order valence-corrected chi connectivity index (χ0v) is 12.1. The summed E-state index contributed by atoms with van der Waals surface area (Å²) in [5.74, 6) is -0.376. The minimum atomic E-state index is -1.11. The van der Waals surface area contributed by atoms with Crippen LogP contribution >= 0.6 is 0 Å². The van der Waals surface area contributed by atoms with Gasteiger partial charge in [0.05, 0.1) is 5.52 Å². The molecule has 0 aliphatic carbocycles. The van der Waals surface area contributed by atoms with E-state index in [9.17, 15) is 9.59 Å². The summed E-state index contributed by atoms with van der Waals surface area (Å²) in [6.45, 7) is 2.31. The molecule has 0 radical (unpaired) electrons. The largest absolute Gasteiger partial charge is 0.476 e. The summed E-state index contributed by atoms with van der Waals surface area (Å²) in [4.78, 5) is 37.5. The summed E-state index contributed by atoms with van der Waals surface area (Å²) in [6.07, 6.45) is 2.72. The zero-order chi connectivity index (χ0) is 16.4. The van der Waals surface area contributed by atoms with E-state index in [0.717, 1.165) is 0 Å². The first kappa shape index (κ1) is 14.5. The van der Waals surface area contributed by atoms with Gasteiger partial charge in [-0.25, -0.2) is 19.6 Å². The van der Waals surface area contributed by atoms with Gasteiger partial charge >= 0.3 is 12.0 Å². The van der Waals surface area contributed by atoms with Gasteiger partial charge in [-0.1, -0.05) is 0 Å². The Balaban J connectivity index is 1.89. The van der Waals surface area contributed by atoms with Gasteiger partial charge in [0.1, 0.15) is 12.1 Å². The molecule has 0 fully saturated rings.